The first kappa shape index (κ1) is 18.1. The molecule has 0 aliphatic rings. The number of hydrogen-bond donors (Lipinski definition) is 1. The van der Waals surface area contributed by atoms with Crippen LogP contribution in [-0.4, -0.2) is 52.2 Å². The molecular formula is C12H16ClNO5S2. The van der Waals surface area contributed by atoms with Gasteiger partial charge in [0.15, 0.2) is 9.84 Å². The Hall–Kier alpha value is -0.930. The van der Waals surface area contributed by atoms with Crippen molar-refractivity contribution >= 4 is 31.5 Å². The minimum atomic E-state index is -4.03. The van der Waals surface area contributed by atoms with E-state index in [0.717, 1.165) is 16.6 Å². The summed E-state index contributed by atoms with van der Waals surface area (Å²) in [6, 6.07) is 3.47. The van der Waals surface area contributed by atoms with Gasteiger partial charge in [0.25, 0.3) is 0 Å². The lowest BCUT2D eigenvalue weighted by Crippen LogP contribution is -2.34. The van der Waals surface area contributed by atoms with Crippen molar-refractivity contribution in [1.29, 1.82) is 0 Å². The molecular weight excluding hydrogens is 338 g/mol. The van der Waals surface area contributed by atoms with Crippen molar-refractivity contribution in [2.45, 2.75) is 9.79 Å². The Morgan fingerprint density at radius 2 is 1.95 bits per heavy atom. The van der Waals surface area contributed by atoms with Crippen LogP contribution in [0.4, 0.5) is 0 Å². The summed E-state index contributed by atoms with van der Waals surface area (Å²) in [5, 5.41) is 8.87. The van der Waals surface area contributed by atoms with Gasteiger partial charge in [0, 0.05) is 19.3 Å². The van der Waals surface area contributed by atoms with Gasteiger partial charge < -0.3 is 5.11 Å². The van der Waals surface area contributed by atoms with Crippen LogP contribution in [0.3, 0.4) is 0 Å². The first-order valence-electron chi connectivity index (χ1n) is 5.86. The fraction of sp³-hybridized carbons (Fsp3) is 0.333. The number of benzene rings is 1. The molecule has 1 aromatic rings. The second-order valence-electron chi connectivity index (χ2n) is 4.24. The van der Waals surface area contributed by atoms with Crippen LogP contribution in [-0.2, 0) is 19.9 Å². The molecule has 0 spiro atoms. The van der Waals surface area contributed by atoms with E-state index >= 15 is 0 Å². The Balaban J connectivity index is 3.45. The summed E-state index contributed by atoms with van der Waals surface area (Å²) >= 11 is 5.89. The summed E-state index contributed by atoms with van der Waals surface area (Å²) in [7, 11) is -7.60. The lowest BCUT2D eigenvalue weighted by Gasteiger charge is -2.20. The molecule has 118 valence electrons. The molecule has 1 aromatic carbocycles. The average Bonchev–Trinajstić information content (AvgIpc) is 2.37. The Morgan fingerprint density at radius 3 is 2.43 bits per heavy atom. The predicted octanol–water partition coefficient (Wildman–Crippen LogP) is 0.913. The molecule has 0 unspecified atom stereocenters. The fourth-order valence-corrected chi connectivity index (χ4v) is 4.24. The van der Waals surface area contributed by atoms with E-state index in [1.54, 1.807) is 0 Å². The highest BCUT2D eigenvalue weighted by Crippen LogP contribution is 2.27. The zero-order chi connectivity index (χ0) is 16.3. The van der Waals surface area contributed by atoms with Gasteiger partial charge in [0.05, 0.1) is 16.5 Å². The van der Waals surface area contributed by atoms with Gasteiger partial charge in [-0.05, 0) is 18.2 Å². The molecule has 0 aliphatic heterocycles. The van der Waals surface area contributed by atoms with Crippen LogP contribution in [0.1, 0.15) is 0 Å². The number of aliphatic hydroxyl groups excluding tert-OH is 1. The predicted molar refractivity (Wildman–Crippen MR) is 80.6 cm³/mol. The molecule has 21 heavy (non-hydrogen) atoms. The minimum absolute atomic E-state index is 0.0255. The highest BCUT2D eigenvalue weighted by atomic mass is 35.5. The van der Waals surface area contributed by atoms with E-state index in [4.69, 9.17) is 16.7 Å². The first-order valence-corrected chi connectivity index (χ1v) is 9.57. The zero-order valence-electron chi connectivity index (χ0n) is 11.4. The van der Waals surface area contributed by atoms with E-state index in [1.165, 1.54) is 18.2 Å². The summed E-state index contributed by atoms with van der Waals surface area (Å²) in [5.41, 5.74) is 0. The molecule has 6 nitrogen and oxygen atoms in total. The van der Waals surface area contributed by atoms with E-state index in [1.807, 2.05) is 0 Å². The van der Waals surface area contributed by atoms with Crippen molar-refractivity contribution in [2.24, 2.45) is 0 Å². The molecule has 0 aromatic heterocycles. The average molecular weight is 354 g/mol. The molecule has 9 heteroatoms. The van der Waals surface area contributed by atoms with Crippen molar-refractivity contribution in [1.82, 2.24) is 4.31 Å². The summed E-state index contributed by atoms with van der Waals surface area (Å²) in [4.78, 5) is -0.463. The van der Waals surface area contributed by atoms with Crippen LogP contribution < -0.4 is 0 Å². The molecule has 0 bridgehead atoms. The maximum Gasteiger partial charge on any atom is 0.244 e. The SMILES string of the molecule is C=CCN(CCO)S(=O)(=O)c1cc(S(C)(=O)=O)ccc1Cl. The van der Waals surface area contributed by atoms with Gasteiger partial charge in [-0.1, -0.05) is 17.7 Å². The van der Waals surface area contributed by atoms with Crippen molar-refractivity contribution < 1.29 is 21.9 Å². The van der Waals surface area contributed by atoms with E-state index in [9.17, 15) is 16.8 Å². The van der Waals surface area contributed by atoms with Gasteiger partial charge >= 0.3 is 0 Å². The third-order valence-electron chi connectivity index (χ3n) is 2.63. The number of sulfone groups is 1. The number of rotatable bonds is 7. The Morgan fingerprint density at radius 1 is 1.33 bits per heavy atom. The van der Waals surface area contributed by atoms with Crippen LogP contribution in [0.5, 0.6) is 0 Å². The molecule has 0 amide bonds. The largest absolute Gasteiger partial charge is 0.395 e. The van der Waals surface area contributed by atoms with E-state index in [-0.39, 0.29) is 34.5 Å². The van der Waals surface area contributed by atoms with Crippen LogP contribution in [0, 0.1) is 0 Å². The number of nitrogens with zero attached hydrogens (tertiary/aromatic N) is 1. The quantitative estimate of drug-likeness (QED) is 0.736. The van der Waals surface area contributed by atoms with Gasteiger partial charge in [-0.25, -0.2) is 16.8 Å². The van der Waals surface area contributed by atoms with Crippen LogP contribution >= 0.6 is 11.6 Å². The van der Waals surface area contributed by atoms with Gasteiger partial charge in [-0.15, -0.1) is 6.58 Å². The molecule has 0 fully saturated rings. The first-order chi connectivity index (χ1) is 9.64. The number of halogens is 1. The van der Waals surface area contributed by atoms with Gasteiger partial charge in [0.1, 0.15) is 4.90 Å². The monoisotopic (exact) mass is 353 g/mol. The maximum absolute atomic E-state index is 12.5. The highest BCUT2D eigenvalue weighted by Gasteiger charge is 2.27. The van der Waals surface area contributed by atoms with Gasteiger partial charge in [0.2, 0.25) is 10.0 Å². The molecule has 0 saturated carbocycles. The fourth-order valence-electron chi connectivity index (χ4n) is 1.62. The van der Waals surface area contributed by atoms with E-state index in [0.29, 0.717) is 0 Å². The van der Waals surface area contributed by atoms with E-state index in [2.05, 4.69) is 6.58 Å². The minimum Gasteiger partial charge on any atom is -0.395 e. The summed E-state index contributed by atoms with van der Waals surface area (Å²) in [5.74, 6) is 0. The smallest absolute Gasteiger partial charge is 0.244 e. The van der Waals surface area contributed by atoms with Crippen molar-refractivity contribution in [3.05, 3.63) is 35.9 Å². The van der Waals surface area contributed by atoms with Crippen molar-refractivity contribution in [3.8, 4) is 0 Å². The summed E-state index contributed by atoms with van der Waals surface area (Å²) in [6.07, 6.45) is 2.34. The highest BCUT2D eigenvalue weighted by molar-refractivity contribution is 7.91. The van der Waals surface area contributed by atoms with Crippen LogP contribution in [0.25, 0.3) is 0 Å². The Kier molecular flexibility index (Phi) is 5.94. The summed E-state index contributed by atoms with van der Waals surface area (Å²) < 4.78 is 49.0. The maximum atomic E-state index is 12.5. The van der Waals surface area contributed by atoms with Crippen LogP contribution in [0.15, 0.2) is 40.6 Å². The second-order valence-corrected chi connectivity index (χ2v) is 8.57. The van der Waals surface area contributed by atoms with Gasteiger partial charge in [-0.2, -0.15) is 4.31 Å². The molecule has 0 saturated heterocycles. The molecule has 1 N–H and O–H groups in total. The zero-order valence-corrected chi connectivity index (χ0v) is 13.7. The Bertz CT molecular complexity index is 728. The molecule has 1 rings (SSSR count). The lowest BCUT2D eigenvalue weighted by atomic mass is 10.4. The molecule has 0 atom stereocenters. The molecule has 0 aliphatic carbocycles. The van der Waals surface area contributed by atoms with Gasteiger partial charge in [-0.3, -0.25) is 0 Å². The van der Waals surface area contributed by atoms with Crippen LogP contribution in [0.2, 0.25) is 5.02 Å². The number of hydrogen-bond acceptors (Lipinski definition) is 5. The topological polar surface area (TPSA) is 91.8 Å². The third-order valence-corrected chi connectivity index (χ3v) is 6.09. The Labute approximate surface area is 129 Å². The van der Waals surface area contributed by atoms with Crippen molar-refractivity contribution in [2.75, 3.05) is 26.0 Å². The number of sulfonamides is 1. The molecule has 0 radical (unpaired) electrons. The normalized spacial score (nSPS) is 12.6. The molecule has 0 heterocycles. The lowest BCUT2D eigenvalue weighted by molar-refractivity contribution is 0.260. The third kappa shape index (κ3) is 4.27. The van der Waals surface area contributed by atoms with E-state index < -0.39 is 19.9 Å². The standard InChI is InChI=1S/C12H16ClNO5S2/c1-3-6-14(7-8-15)21(18,19)12-9-10(20(2,16)17)4-5-11(12)13/h3-5,9,15H,1,6-8H2,2H3. The van der Waals surface area contributed by atoms with Crippen molar-refractivity contribution in [3.63, 3.8) is 0 Å². The summed E-state index contributed by atoms with van der Waals surface area (Å²) in [6.45, 7) is 2.90. The number of aliphatic hydroxyl groups is 1. The second kappa shape index (κ2) is 6.89.